The van der Waals surface area contributed by atoms with Crippen molar-refractivity contribution in [1.29, 1.82) is 0 Å². The number of aromatic nitrogens is 2. The summed E-state index contributed by atoms with van der Waals surface area (Å²) in [4.78, 5) is 32.0. The van der Waals surface area contributed by atoms with Crippen LogP contribution in [0.4, 0.5) is 11.4 Å². The number of aryl methyl sites for hydroxylation is 1. The lowest BCUT2D eigenvalue weighted by Gasteiger charge is -2.16. The van der Waals surface area contributed by atoms with Crippen LogP contribution in [0.2, 0.25) is 0 Å². The number of carbonyl (C=O) groups is 1. The summed E-state index contributed by atoms with van der Waals surface area (Å²) in [5, 5.41) is 7.32. The Labute approximate surface area is 181 Å². The molecule has 1 aromatic heterocycles. The van der Waals surface area contributed by atoms with Crippen molar-refractivity contribution in [2.45, 2.75) is 63.3 Å². The number of aromatic amines is 1. The second kappa shape index (κ2) is 8.53. The SMILES string of the molecule is O=C(CCCc1nc2ccccc2c(=O)[nH]1)Nc1ccc2c(c1)C1CCCCCC1N2. The monoisotopic (exact) mass is 416 g/mol. The van der Waals surface area contributed by atoms with Crippen molar-refractivity contribution < 1.29 is 4.79 Å². The molecule has 6 nitrogen and oxygen atoms in total. The van der Waals surface area contributed by atoms with E-state index in [-0.39, 0.29) is 11.5 Å². The molecule has 1 fully saturated rings. The fraction of sp³-hybridized carbons (Fsp3) is 0.400. The normalized spacial score (nSPS) is 19.9. The van der Waals surface area contributed by atoms with Crippen LogP contribution in [0.5, 0.6) is 0 Å². The number of H-pyrrole nitrogens is 1. The summed E-state index contributed by atoms with van der Waals surface area (Å²) in [6.07, 6.45) is 7.92. The minimum atomic E-state index is -0.131. The maximum Gasteiger partial charge on any atom is 0.258 e. The van der Waals surface area contributed by atoms with Crippen molar-refractivity contribution in [3.05, 3.63) is 64.2 Å². The highest BCUT2D eigenvalue weighted by Crippen LogP contribution is 2.43. The first-order chi connectivity index (χ1) is 15.2. The zero-order valence-electron chi connectivity index (χ0n) is 17.6. The van der Waals surface area contributed by atoms with Gasteiger partial charge >= 0.3 is 0 Å². The van der Waals surface area contributed by atoms with Crippen LogP contribution in [0, 0.1) is 0 Å². The Hall–Kier alpha value is -3.15. The molecule has 2 aromatic carbocycles. The molecule has 5 rings (SSSR count). The van der Waals surface area contributed by atoms with E-state index in [0.717, 1.165) is 5.69 Å². The van der Waals surface area contributed by atoms with Gasteiger partial charge in [-0.25, -0.2) is 4.98 Å². The van der Waals surface area contributed by atoms with E-state index in [1.54, 1.807) is 6.07 Å². The first-order valence-electron chi connectivity index (χ1n) is 11.4. The Morgan fingerprint density at radius 3 is 2.90 bits per heavy atom. The maximum absolute atomic E-state index is 12.5. The molecule has 2 aliphatic rings. The second-order valence-corrected chi connectivity index (χ2v) is 8.73. The van der Waals surface area contributed by atoms with Crippen molar-refractivity contribution in [1.82, 2.24) is 9.97 Å². The zero-order valence-corrected chi connectivity index (χ0v) is 17.6. The lowest BCUT2D eigenvalue weighted by atomic mass is 9.91. The number of benzene rings is 2. The molecule has 1 aliphatic carbocycles. The topological polar surface area (TPSA) is 86.9 Å². The van der Waals surface area contributed by atoms with Gasteiger partial charge < -0.3 is 15.6 Å². The molecule has 2 heterocycles. The third-order valence-electron chi connectivity index (χ3n) is 6.57. The van der Waals surface area contributed by atoms with Gasteiger partial charge in [0.2, 0.25) is 5.91 Å². The Kier molecular flexibility index (Phi) is 5.45. The molecule has 0 saturated heterocycles. The summed E-state index contributed by atoms with van der Waals surface area (Å²) in [5.41, 5.74) is 4.00. The van der Waals surface area contributed by atoms with E-state index in [4.69, 9.17) is 0 Å². The van der Waals surface area contributed by atoms with Crippen molar-refractivity contribution >= 4 is 28.2 Å². The van der Waals surface area contributed by atoms with Crippen molar-refractivity contribution in [3.8, 4) is 0 Å². The van der Waals surface area contributed by atoms with Crippen LogP contribution < -0.4 is 16.2 Å². The highest BCUT2D eigenvalue weighted by atomic mass is 16.1. The van der Waals surface area contributed by atoms with E-state index in [2.05, 4.69) is 32.7 Å². The number of amides is 1. The predicted octanol–water partition coefficient (Wildman–Crippen LogP) is 4.73. The van der Waals surface area contributed by atoms with Gasteiger partial charge in [0.1, 0.15) is 5.82 Å². The third-order valence-corrected chi connectivity index (χ3v) is 6.57. The molecule has 2 unspecified atom stereocenters. The molecular weight excluding hydrogens is 388 g/mol. The van der Waals surface area contributed by atoms with Gasteiger partial charge in [0.05, 0.1) is 10.9 Å². The van der Waals surface area contributed by atoms with Gasteiger partial charge in [-0.15, -0.1) is 0 Å². The summed E-state index contributed by atoms with van der Waals surface area (Å²) < 4.78 is 0. The smallest absolute Gasteiger partial charge is 0.258 e. The van der Waals surface area contributed by atoms with Gasteiger partial charge in [-0.1, -0.05) is 31.4 Å². The van der Waals surface area contributed by atoms with Gasteiger partial charge in [0, 0.05) is 36.2 Å². The van der Waals surface area contributed by atoms with Crippen LogP contribution in [-0.2, 0) is 11.2 Å². The van der Waals surface area contributed by atoms with Crippen LogP contribution in [0.3, 0.4) is 0 Å². The number of fused-ring (bicyclic) bond motifs is 4. The molecule has 2 atom stereocenters. The zero-order chi connectivity index (χ0) is 21.2. The molecule has 3 N–H and O–H groups in total. The molecule has 160 valence electrons. The molecule has 0 bridgehead atoms. The van der Waals surface area contributed by atoms with E-state index >= 15 is 0 Å². The molecule has 1 saturated carbocycles. The summed E-state index contributed by atoms with van der Waals surface area (Å²) in [5.74, 6) is 1.18. The van der Waals surface area contributed by atoms with Gasteiger partial charge in [-0.3, -0.25) is 9.59 Å². The van der Waals surface area contributed by atoms with E-state index < -0.39 is 0 Å². The number of anilines is 2. The number of para-hydroxylation sites is 1. The van der Waals surface area contributed by atoms with E-state index in [1.165, 1.54) is 43.4 Å². The van der Waals surface area contributed by atoms with Crippen LogP contribution >= 0.6 is 0 Å². The Balaban J connectivity index is 1.19. The van der Waals surface area contributed by atoms with Crippen LogP contribution in [0.15, 0.2) is 47.3 Å². The first-order valence-corrected chi connectivity index (χ1v) is 11.4. The molecule has 0 spiro atoms. The summed E-state index contributed by atoms with van der Waals surface area (Å²) >= 11 is 0. The maximum atomic E-state index is 12.5. The van der Waals surface area contributed by atoms with Crippen LogP contribution in [0.25, 0.3) is 10.9 Å². The molecule has 0 radical (unpaired) electrons. The highest BCUT2D eigenvalue weighted by molar-refractivity contribution is 5.91. The third kappa shape index (κ3) is 4.20. The summed E-state index contributed by atoms with van der Waals surface area (Å²) in [7, 11) is 0. The fourth-order valence-corrected chi connectivity index (χ4v) is 5.02. The van der Waals surface area contributed by atoms with Crippen molar-refractivity contribution in [2.24, 2.45) is 0 Å². The molecule has 1 aliphatic heterocycles. The standard InChI is InChI=1S/C25H28N4O2/c30-24(12-6-11-23-28-21-10-5-4-8-18(21)25(31)29-23)26-16-13-14-22-19(15-16)17-7-2-1-3-9-20(17)27-22/h4-5,8,10,13-15,17,20,27H,1-3,6-7,9,11-12H2,(H,26,30)(H,28,29,31). The van der Waals surface area contributed by atoms with Crippen LogP contribution in [-0.4, -0.2) is 21.9 Å². The fourth-order valence-electron chi connectivity index (χ4n) is 5.02. The molecule has 6 heteroatoms. The van der Waals surface area contributed by atoms with Crippen molar-refractivity contribution in [3.63, 3.8) is 0 Å². The van der Waals surface area contributed by atoms with Gasteiger partial charge in [-0.05, 0) is 55.2 Å². The summed E-state index contributed by atoms with van der Waals surface area (Å²) in [6, 6.07) is 14.1. The quantitative estimate of drug-likeness (QED) is 0.561. The van der Waals surface area contributed by atoms with E-state index in [9.17, 15) is 9.59 Å². The highest BCUT2D eigenvalue weighted by Gasteiger charge is 2.32. The largest absolute Gasteiger partial charge is 0.381 e. The number of hydrogen-bond donors (Lipinski definition) is 3. The van der Waals surface area contributed by atoms with Gasteiger partial charge in [0.25, 0.3) is 5.56 Å². The van der Waals surface area contributed by atoms with Gasteiger partial charge in [0.15, 0.2) is 0 Å². The van der Waals surface area contributed by atoms with E-state index in [0.29, 0.717) is 47.9 Å². The number of hydrogen-bond acceptors (Lipinski definition) is 4. The van der Waals surface area contributed by atoms with Crippen molar-refractivity contribution in [2.75, 3.05) is 10.6 Å². The lowest BCUT2D eigenvalue weighted by Crippen LogP contribution is -2.18. The first kappa shape index (κ1) is 19.8. The number of nitrogens with one attached hydrogen (secondary N) is 3. The Morgan fingerprint density at radius 1 is 1.10 bits per heavy atom. The average Bonchev–Trinajstić information content (AvgIpc) is 2.94. The average molecular weight is 417 g/mol. The molecule has 1 amide bonds. The molecular formula is C25H28N4O2. The minimum absolute atomic E-state index is 0.00791. The molecule has 31 heavy (non-hydrogen) atoms. The van der Waals surface area contributed by atoms with Gasteiger partial charge in [-0.2, -0.15) is 0 Å². The van der Waals surface area contributed by atoms with Crippen LogP contribution in [0.1, 0.15) is 62.3 Å². The molecule has 3 aromatic rings. The number of rotatable bonds is 5. The summed E-state index contributed by atoms with van der Waals surface area (Å²) in [6.45, 7) is 0. The number of carbonyl (C=O) groups excluding carboxylic acids is 1. The Morgan fingerprint density at radius 2 is 1.97 bits per heavy atom. The number of nitrogens with zero attached hydrogens (tertiary/aromatic N) is 1. The second-order valence-electron chi connectivity index (χ2n) is 8.73. The Bertz CT molecular complexity index is 1170. The minimum Gasteiger partial charge on any atom is -0.381 e. The predicted molar refractivity (Wildman–Crippen MR) is 124 cm³/mol. The lowest BCUT2D eigenvalue weighted by molar-refractivity contribution is -0.116. The van der Waals surface area contributed by atoms with E-state index in [1.807, 2.05) is 24.3 Å².